The fourth-order valence-corrected chi connectivity index (χ4v) is 3.94. The largest absolute Gasteiger partial charge is 0.496 e. The monoisotopic (exact) mass is 495 g/mol. The number of ether oxygens (including phenoxy) is 3. The Hall–Kier alpha value is -4.14. The third-order valence-electron chi connectivity index (χ3n) is 5.87. The lowest BCUT2D eigenvalue weighted by molar-refractivity contribution is -0.139. The maximum atomic E-state index is 12.7. The van der Waals surface area contributed by atoms with Crippen LogP contribution in [0.3, 0.4) is 0 Å². The second kappa shape index (κ2) is 12.0. The molecule has 1 aliphatic rings. The maximum absolute atomic E-state index is 12.7. The van der Waals surface area contributed by atoms with Crippen molar-refractivity contribution in [2.24, 2.45) is 0 Å². The number of fused-ring (bicyclic) bond motifs is 1. The Morgan fingerprint density at radius 2 is 1.86 bits per heavy atom. The fraction of sp³-hybridized carbons (Fsp3) is 0.333. The first-order chi connectivity index (χ1) is 17.2. The summed E-state index contributed by atoms with van der Waals surface area (Å²) in [5.74, 6) is -2.45. The van der Waals surface area contributed by atoms with E-state index in [4.69, 9.17) is 19.3 Å². The zero-order valence-electron chi connectivity index (χ0n) is 20.5. The summed E-state index contributed by atoms with van der Waals surface area (Å²) in [5, 5.41) is 11.6. The number of benzene rings is 2. The molecule has 1 heterocycles. The Kier molecular flexibility index (Phi) is 8.83. The Bertz CT molecular complexity index is 1200. The molecule has 2 aromatic carbocycles. The molecule has 0 bridgehead atoms. The number of aliphatic carboxylic acids is 1. The number of nitrogens with one attached hydrogen (secondary N) is 1. The molecule has 2 aromatic rings. The molecule has 0 saturated carbocycles. The minimum atomic E-state index is -0.906. The second-order valence-electron chi connectivity index (χ2n) is 8.46. The normalized spacial score (nSPS) is 12.5. The van der Waals surface area contributed by atoms with E-state index >= 15 is 0 Å². The van der Waals surface area contributed by atoms with Crippen LogP contribution in [0.5, 0.6) is 11.5 Å². The zero-order valence-corrected chi connectivity index (χ0v) is 20.5. The summed E-state index contributed by atoms with van der Waals surface area (Å²) in [5.41, 5.74) is 3.53. The molecule has 0 fully saturated rings. The molecule has 0 aromatic heterocycles. The Balaban J connectivity index is 1.85. The van der Waals surface area contributed by atoms with E-state index in [0.717, 1.165) is 11.1 Å². The number of methoxy groups -OCH3 is 1. The number of esters is 2. The van der Waals surface area contributed by atoms with E-state index in [9.17, 15) is 19.2 Å². The third kappa shape index (κ3) is 6.50. The van der Waals surface area contributed by atoms with E-state index < -0.39 is 30.2 Å². The predicted octanol–water partition coefficient (Wildman–Crippen LogP) is 3.64. The summed E-state index contributed by atoms with van der Waals surface area (Å²) < 4.78 is 16.4. The maximum Gasteiger partial charge on any atom is 0.342 e. The number of rotatable bonds is 11. The van der Waals surface area contributed by atoms with Gasteiger partial charge in [0, 0.05) is 24.1 Å². The number of allylic oxidation sites excluding steroid dienone is 2. The summed E-state index contributed by atoms with van der Waals surface area (Å²) in [6.45, 7) is 3.87. The van der Waals surface area contributed by atoms with Gasteiger partial charge in [0.2, 0.25) is 5.91 Å². The van der Waals surface area contributed by atoms with Crippen LogP contribution in [0.25, 0.3) is 0 Å². The molecule has 1 aliphatic heterocycles. The van der Waals surface area contributed by atoms with Gasteiger partial charge in [-0.15, -0.1) is 0 Å². The van der Waals surface area contributed by atoms with Gasteiger partial charge in [0.1, 0.15) is 24.3 Å². The second-order valence-corrected chi connectivity index (χ2v) is 8.46. The first-order valence-electron chi connectivity index (χ1n) is 11.5. The van der Waals surface area contributed by atoms with Crippen molar-refractivity contribution in [2.75, 3.05) is 7.11 Å². The number of carbonyl (C=O) groups excluding carboxylic acids is 3. The molecule has 36 heavy (non-hydrogen) atoms. The topological polar surface area (TPSA) is 128 Å². The average molecular weight is 496 g/mol. The van der Waals surface area contributed by atoms with Crippen LogP contribution >= 0.6 is 0 Å². The van der Waals surface area contributed by atoms with Crippen molar-refractivity contribution < 1.29 is 38.5 Å². The van der Waals surface area contributed by atoms with Gasteiger partial charge in [0.05, 0.1) is 7.11 Å². The highest BCUT2D eigenvalue weighted by atomic mass is 16.6. The van der Waals surface area contributed by atoms with Crippen LogP contribution in [0.4, 0.5) is 0 Å². The van der Waals surface area contributed by atoms with Crippen molar-refractivity contribution in [2.45, 2.75) is 52.7 Å². The minimum Gasteiger partial charge on any atom is -0.496 e. The molecule has 0 unspecified atom stereocenters. The summed E-state index contributed by atoms with van der Waals surface area (Å²) in [6.07, 6.45) is 1.81. The van der Waals surface area contributed by atoms with Gasteiger partial charge < -0.3 is 24.6 Å². The number of cyclic esters (lactones) is 1. The van der Waals surface area contributed by atoms with Gasteiger partial charge in [-0.1, -0.05) is 42.0 Å². The lowest BCUT2D eigenvalue weighted by Crippen LogP contribution is -2.27. The van der Waals surface area contributed by atoms with Crippen molar-refractivity contribution in [3.8, 4) is 11.5 Å². The van der Waals surface area contributed by atoms with E-state index in [-0.39, 0.29) is 37.3 Å². The summed E-state index contributed by atoms with van der Waals surface area (Å²) in [6, 6.07) is 9.26. The number of hydrogen-bond donors (Lipinski definition) is 2. The number of carboxylic acids is 1. The van der Waals surface area contributed by atoms with Gasteiger partial charge in [-0.05, 0) is 37.8 Å². The van der Waals surface area contributed by atoms with Gasteiger partial charge in [0.15, 0.2) is 5.75 Å². The molecule has 9 nitrogen and oxygen atoms in total. The van der Waals surface area contributed by atoms with Crippen molar-refractivity contribution in [1.82, 2.24) is 5.32 Å². The molecule has 0 spiro atoms. The predicted molar refractivity (Wildman–Crippen MR) is 130 cm³/mol. The Morgan fingerprint density at radius 1 is 1.14 bits per heavy atom. The molecule has 0 saturated heterocycles. The zero-order chi connectivity index (χ0) is 26.2. The molecule has 3 rings (SSSR count). The van der Waals surface area contributed by atoms with E-state index in [1.807, 2.05) is 30.3 Å². The Labute approximate surface area is 209 Å². The minimum absolute atomic E-state index is 0.00176. The average Bonchev–Trinajstić information content (AvgIpc) is 3.24. The number of hydrogen-bond acceptors (Lipinski definition) is 7. The highest BCUT2D eigenvalue weighted by molar-refractivity contribution is 6.00. The molecule has 9 heteroatoms. The van der Waals surface area contributed by atoms with E-state index in [1.165, 1.54) is 7.11 Å². The van der Waals surface area contributed by atoms with Gasteiger partial charge in [-0.3, -0.25) is 14.4 Å². The van der Waals surface area contributed by atoms with Crippen LogP contribution in [0, 0.1) is 6.92 Å². The molecule has 0 atom stereocenters. The highest BCUT2D eigenvalue weighted by Gasteiger charge is 2.34. The SMILES string of the molecule is COc1c(C)c2c(c(OC(=O)CC(=O)NCc3ccccc3)c1CC=C(C)CCC(=O)O)C(=O)OC2. The van der Waals surface area contributed by atoms with Gasteiger partial charge in [-0.2, -0.15) is 0 Å². The van der Waals surface area contributed by atoms with Crippen LogP contribution in [-0.4, -0.2) is 36.0 Å². The van der Waals surface area contributed by atoms with Crippen LogP contribution in [0.15, 0.2) is 42.0 Å². The standard InChI is InChI=1S/C27H29NO8/c1-16(10-12-22(30)31)9-11-19-25(34-3)17(2)20-15-35-27(33)24(20)26(19)36-23(32)13-21(29)28-14-18-7-5-4-6-8-18/h4-9H,10-15H2,1-3H3,(H,28,29)(H,30,31). The summed E-state index contributed by atoms with van der Waals surface area (Å²) >= 11 is 0. The number of amides is 1. The smallest absolute Gasteiger partial charge is 0.342 e. The van der Waals surface area contributed by atoms with Crippen LogP contribution < -0.4 is 14.8 Å². The summed E-state index contributed by atoms with van der Waals surface area (Å²) in [7, 11) is 1.47. The van der Waals surface area contributed by atoms with Gasteiger partial charge in [-0.25, -0.2) is 4.79 Å². The van der Waals surface area contributed by atoms with E-state index in [2.05, 4.69) is 5.32 Å². The highest BCUT2D eigenvalue weighted by Crippen LogP contribution is 2.43. The van der Waals surface area contributed by atoms with Crippen molar-refractivity contribution >= 4 is 23.8 Å². The quantitative estimate of drug-likeness (QED) is 0.209. The Morgan fingerprint density at radius 3 is 2.53 bits per heavy atom. The van der Waals surface area contributed by atoms with Crippen LogP contribution in [0.1, 0.15) is 58.8 Å². The van der Waals surface area contributed by atoms with Gasteiger partial charge >= 0.3 is 17.9 Å². The first-order valence-corrected chi connectivity index (χ1v) is 11.5. The van der Waals surface area contributed by atoms with Crippen molar-refractivity contribution in [3.05, 3.63) is 69.8 Å². The number of carbonyl (C=O) groups is 4. The van der Waals surface area contributed by atoms with Crippen LogP contribution in [-0.2, 0) is 38.7 Å². The van der Waals surface area contributed by atoms with Crippen molar-refractivity contribution in [3.63, 3.8) is 0 Å². The third-order valence-corrected chi connectivity index (χ3v) is 5.87. The lowest BCUT2D eigenvalue weighted by Gasteiger charge is -2.18. The molecule has 0 aliphatic carbocycles. The molecular weight excluding hydrogens is 466 g/mol. The molecule has 0 radical (unpaired) electrons. The molecule has 2 N–H and O–H groups in total. The van der Waals surface area contributed by atoms with E-state index in [0.29, 0.717) is 28.9 Å². The first kappa shape index (κ1) is 26.5. The van der Waals surface area contributed by atoms with Crippen molar-refractivity contribution in [1.29, 1.82) is 0 Å². The lowest BCUT2D eigenvalue weighted by atomic mass is 9.94. The van der Waals surface area contributed by atoms with Gasteiger partial charge in [0.25, 0.3) is 0 Å². The molecule has 1 amide bonds. The van der Waals surface area contributed by atoms with E-state index in [1.54, 1.807) is 19.9 Å². The van der Waals surface area contributed by atoms with Crippen LogP contribution in [0.2, 0.25) is 0 Å². The fourth-order valence-electron chi connectivity index (χ4n) is 3.94. The molecule has 190 valence electrons. The number of carboxylic acid groups (broad SMARTS) is 1. The summed E-state index contributed by atoms with van der Waals surface area (Å²) in [4.78, 5) is 48.5. The molecular formula is C27H29NO8.